The Kier molecular flexibility index (Phi) is 6.84. The van der Waals surface area contributed by atoms with E-state index in [4.69, 9.17) is 0 Å². The van der Waals surface area contributed by atoms with E-state index < -0.39 is 11.0 Å². The van der Waals surface area contributed by atoms with E-state index in [1.807, 2.05) is 32.0 Å². The van der Waals surface area contributed by atoms with Crippen LogP contribution in [0.15, 0.2) is 42.5 Å². The van der Waals surface area contributed by atoms with Gasteiger partial charge in [0.25, 0.3) is 5.69 Å². The molecule has 1 unspecified atom stereocenters. The minimum Gasteiger partial charge on any atom is -0.325 e. The largest absolute Gasteiger partial charge is 0.325 e. The Hall–Kier alpha value is -3.26. The second-order valence-electron chi connectivity index (χ2n) is 6.70. The van der Waals surface area contributed by atoms with Crippen LogP contribution < -0.4 is 10.6 Å². The summed E-state index contributed by atoms with van der Waals surface area (Å²) in [7, 11) is 1.68. The maximum atomic E-state index is 12.4. The first-order valence-electron chi connectivity index (χ1n) is 8.80. The molecule has 0 saturated carbocycles. The standard InChI is InChI=1S/C20H24N4O4/c1-13-6-5-7-14(2)19(13)22-18(25)12-23(4)15(3)20(26)21-16-8-10-17(11-9-16)24(27)28/h5-11,15H,12H2,1-4H3,(H,21,26)(H,22,25). The van der Waals surface area contributed by atoms with Gasteiger partial charge in [0.05, 0.1) is 17.5 Å². The Morgan fingerprint density at radius 1 is 1.07 bits per heavy atom. The number of non-ortho nitro benzene ring substituents is 1. The molecule has 0 aromatic heterocycles. The van der Waals surface area contributed by atoms with Crippen molar-refractivity contribution in [3.05, 3.63) is 63.7 Å². The summed E-state index contributed by atoms with van der Waals surface area (Å²) >= 11 is 0. The number of rotatable bonds is 7. The molecular formula is C20H24N4O4. The van der Waals surface area contributed by atoms with Gasteiger partial charge in [-0.3, -0.25) is 24.6 Å². The first kappa shape index (κ1) is 21.0. The van der Waals surface area contributed by atoms with Gasteiger partial charge in [-0.1, -0.05) is 18.2 Å². The lowest BCUT2D eigenvalue weighted by molar-refractivity contribution is -0.384. The molecule has 0 spiro atoms. The first-order valence-corrected chi connectivity index (χ1v) is 8.80. The number of nitrogens with one attached hydrogen (secondary N) is 2. The summed E-state index contributed by atoms with van der Waals surface area (Å²) < 4.78 is 0. The third kappa shape index (κ3) is 5.37. The molecule has 2 rings (SSSR count). The van der Waals surface area contributed by atoms with Gasteiger partial charge in [-0.15, -0.1) is 0 Å². The van der Waals surface area contributed by atoms with Crippen molar-refractivity contribution in [2.24, 2.45) is 0 Å². The van der Waals surface area contributed by atoms with Gasteiger partial charge in [0.1, 0.15) is 0 Å². The van der Waals surface area contributed by atoms with Crippen molar-refractivity contribution in [1.29, 1.82) is 0 Å². The smallest absolute Gasteiger partial charge is 0.269 e. The summed E-state index contributed by atoms with van der Waals surface area (Å²) in [4.78, 5) is 36.6. The maximum absolute atomic E-state index is 12.4. The summed E-state index contributed by atoms with van der Waals surface area (Å²) in [6.07, 6.45) is 0. The second kappa shape index (κ2) is 9.09. The number of carbonyl (C=O) groups is 2. The first-order chi connectivity index (χ1) is 13.2. The molecule has 1 atom stereocenters. The molecular weight excluding hydrogens is 360 g/mol. The number of nitrogens with zero attached hydrogens (tertiary/aromatic N) is 2. The molecule has 0 saturated heterocycles. The molecule has 0 aliphatic rings. The third-order valence-corrected chi connectivity index (χ3v) is 4.52. The van der Waals surface area contributed by atoms with Crippen molar-refractivity contribution >= 4 is 28.9 Å². The molecule has 0 aliphatic carbocycles. The number of anilines is 2. The number of hydrogen-bond acceptors (Lipinski definition) is 5. The van der Waals surface area contributed by atoms with Gasteiger partial charge in [0, 0.05) is 23.5 Å². The lowest BCUT2D eigenvalue weighted by Gasteiger charge is -2.23. The monoisotopic (exact) mass is 384 g/mol. The quantitative estimate of drug-likeness (QED) is 0.564. The minimum atomic E-state index is -0.570. The summed E-state index contributed by atoms with van der Waals surface area (Å²) in [6.45, 7) is 5.58. The van der Waals surface area contributed by atoms with Gasteiger partial charge in [-0.2, -0.15) is 0 Å². The van der Waals surface area contributed by atoms with Crippen LogP contribution in [0.4, 0.5) is 17.1 Å². The number of aryl methyl sites for hydroxylation is 2. The summed E-state index contributed by atoms with van der Waals surface area (Å²) in [6, 6.07) is 10.8. The van der Waals surface area contributed by atoms with Crippen LogP contribution >= 0.6 is 0 Å². The number of nitro benzene ring substituents is 1. The Labute approximate surface area is 163 Å². The molecule has 0 radical (unpaired) electrons. The van der Waals surface area contributed by atoms with Crippen molar-refractivity contribution in [3.63, 3.8) is 0 Å². The lowest BCUT2D eigenvalue weighted by Crippen LogP contribution is -2.43. The maximum Gasteiger partial charge on any atom is 0.269 e. The fraction of sp³-hybridized carbons (Fsp3) is 0.300. The molecule has 2 aromatic carbocycles. The highest BCUT2D eigenvalue weighted by molar-refractivity contribution is 5.96. The van der Waals surface area contributed by atoms with Crippen molar-refractivity contribution in [3.8, 4) is 0 Å². The molecule has 28 heavy (non-hydrogen) atoms. The average Bonchev–Trinajstić information content (AvgIpc) is 2.64. The van der Waals surface area contributed by atoms with Gasteiger partial charge in [0.2, 0.25) is 11.8 Å². The number of hydrogen-bond donors (Lipinski definition) is 2. The zero-order chi connectivity index (χ0) is 20.8. The second-order valence-corrected chi connectivity index (χ2v) is 6.70. The van der Waals surface area contributed by atoms with Crippen LogP contribution in [0.5, 0.6) is 0 Å². The van der Waals surface area contributed by atoms with Crippen molar-refractivity contribution in [2.45, 2.75) is 26.8 Å². The van der Waals surface area contributed by atoms with E-state index in [1.165, 1.54) is 24.3 Å². The number of amides is 2. The summed E-state index contributed by atoms with van der Waals surface area (Å²) in [5.74, 6) is -0.522. The zero-order valence-corrected chi connectivity index (χ0v) is 16.4. The van der Waals surface area contributed by atoms with Gasteiger partial charge in [-0.05, 0) is 51.1 Å². The lowest BCUT2D eigenvalue weighted by atomic mass is 10.1. The molecule has 0 fully saturated rings. The van der Waals surface area contributed by atoms with Crippen LogP contribution in [0, 0.1) is 24.0 Å². The van der Waals surface area contributed by atoms with Gasteiger partial charge in [0.15, 0.2) is 0 Å². The number of para-hydroxylation sites is 1. The molecule has 0 bridgehead atoms. The number of nitro groups is 1. The topological polar surface area (TPSA) is 105 Å². The molecule has 0 heterocycles. The Morgan fingerprint density at radius 2 is 1.64 bits per heavy atom. The molecule has 148 valence electrons. The normalized spacial score (nSPS) is 11.8. The van der Waals surface area contributed by atoms with Crippen LogP contribution in [0.2, 0.25) is 0 Å². The fourth-order valence-electron chi connectivity index (χ4n) is 2.67. The highest BCUT2D eigenvalue weighted by atomic mass is 16.6. The molecule has 2 amide bonds. The number of benzene rings is 2. The predicted octanol–water partition coefficient (Wildman–Crippen LogP) is 3.11. The van der Waals surface area contributed by atoms with Crippen LogP contribution in [0.3, 0.4) is 0 Å². The van der Waals surface area contributed by atoms with Crippen LogP contribution in [-0.2, 0) is 9.59 Å². The van der Waals surface area contributed by atoms with Gasteiger partial charge >= 0.3 is 0 Å². The number of carbonyl (C=O) groups excluding carboxylic acids is 2. The predicted molar refractivity (Wildman–Crippen MR) is 108 cm³/mol. The van der Waals surface area contributed by atoms with E-state index in [1.54, 1.807) is 18.9 Å². The van der Waals surface area contributed by atoms with Gasteiger partial charge in [-0.25, -0.2) is 0 Å². The Balaban J connectivity index is 1.93. The third-order valence-electron chi connectivity index (χ3n) is 4.52. The highest BCUT2D eigenvalue weighted by Crippen LogP contribution is 2.19. The van der Waals surface area contributed by atoms with Crippen LogP contribution in [0.1, 0.15) is 18.1 Å². The van der Waals surface area contributed by atoms with E-state index in [0.717, 1.165) is 16.8 Å². The summed E-state index contributed by atoms with van der Waals surface area (Å²) in [5, 5.41) is 16.3. The molecule has 2 aromatic rings. The van der Waals surface area contributed by atoms with Gasteiger partial charge < -0.3 is 10.6 Å². The number of likely N-dealkylation sites (N-methyl/N-ethyl adjacent to an activating group) is 1. The molecule has 8 nitrogen and oxygen atoms in total. The van der Waals surface area contributed by atoms with Crippen molar-refractivity contribution in [1.82, 2.24) is 4.90 Å². The summed E-state index contributed by atoms with van der Waals surface area (Å²) in [5.41, 5.74) is 3.13. The van der Waals surface area contributed by atoms with Crippen molar-refractivity contribution in [2.75, 3.05) is 24.2 Å². The highest BCUT2D eigenvalue weighted by Gasteiger charge is 2.21. The van der Waals surface area contributed by atoms with Crippen LogP contribution in [-0.4, -0.2) is 41.3 Å². The van der Waals surface area contributed by atoms with E-state index in [2.05, 4.69) is 10.6 Å². The van der Waals surface area contributed by atoms with E-state index in [9.17, 15) is 19.7 Å². The van der Waals surface area contributed by atoms with E-state index in [-0.39, 0.29) is 24.0 Å². The minimum absolute atomic E-state index is 0.0443. The van der Waals surface area contributed by atoms with E-state index >= 15 is 0 Å². The van der Waals surface area contributed by atoms with E-state index in [0.29, 0.717) is 5.69 Å². The Bertz CT molecular complexity index is 860. The van der Waals surface area contributed by atoms with Crippen LogP contribution in [0.25, 0.3) is 0 Å². The Morgan fingerprint density at radius 3 is 2.18 bits per heavy atom. The SMILES string of the molecule is Cc1cccc(C)c1NC(=O)CN(C)C(C)C(=O)Nc1ccc([N+](=O)[O-])cc1. The molecule has 2 N–H and O–H groups in total. The van der Waals surface area contributed by atoms with Crippen molar-refractivity contribution < 1.29 is 14.5 Å². The average molecular weight is 384 g/mol. The zero-order valence-electron chi connectivity index (χ0n) is 16.4. The molecule has 8 heteroatoms. The fourth-order valence-corrected chi connectivity index (χ4v) is 2.67. The molecule has 0 aliphatic heterocycles.